The summed E-state index contributed by atoms with van der Waals surface area (Å²) in [6.45, 7) is 8.80. The van der Waals surface area contributed by atoms with Gasteiger partial charge in [-0.1, -0.05) is 28.8 Å². The quantitative estimate of drug-likeness (QED) is 0.0786. The van der Waals surface area contributed by atoms with Gasteiger partial charge in [-0.25, -0.2) is 9.18 Å². The first-order valence-corrected chi connectivity index (χ1v) is 20.8. The molecule has 1 aromatic carbocycles. The predicted molar refractivity (Wildman–Crippen MR) is 204 cm³/mol. The van der Waals surface area contributed by atoms with Crippen LogP contribution in [0.4, 0.5) is 4.39 Å². The zero-order valence-electron chi connectivity index (χ0n) is 25.2. The summed E-state index contributed by atoms with van der Waals surface area (Å²) >= 11 is 13.6. The zero-order chi connectivity index (χ0) is 31.4. The Morgan fingerprint density at radius 1 is 0.711 bits per heavy atom. The Labute approximate surface area is 294 Å². The summed E-state index contributed by atoms with van der Waals surface area (Å²) in [4.78, 5) is 22.5. The molecule has 0 saturated heterocycles. The molecule has 6 heterocycles. The maximum atomic E-state index is 15.8. The summed E-state index contributed by atoms with van der Waals surface area (Å²) in [5, 5.41) is 4.05. The smallest absolute Gasteiger partial charge is 0.351 e. The summed E-state index contributed by atoms with van der Waals surface area (Å²) < 4.78 is 24.8. The van der Waals surface area contributed by atoms with E-state index < -0.39 is 11.8 Å². The highest BCUT2D eigenvalue weighted by Gasteiger charge is 2.28. The van der Waals surface area contributed by atoms with Crippen LogP contribution in [-0.4, -0.2) is 17.9 Å². The molecule has 45 heavy (non-hydrogen) atoms. The van der Waals surface area contributed by atoms with Gasteiger partial charge in [0.1, 0.15) is 4.88 Å². The number of benzene rings is 1. The van der Waals surface area contributed by atoms with Crippen molar-refractivity contribution in [3.8, 4) is 30.6 Å². The first-order valence-electron chi connectivity index (χ1n) is 14.8. The van der Waals surface area contributed by atoms with Gasteiger partial charge in [-0.05, 0) is 76.9 Å². The monoisotopic (exact) mass is 772 g/mol. The van der Waals surface area contributed by atoms with Gasteiger partial charge in [0, 0.05) is 76.2 Å². The van der Waals surface area contributed by atoms with Crippen LogP contribution >= 0.6 is 84.0 Å². The van der Waals surface area contributed by atoms with E-state index in [0.29, 0.717) is 12.0 Å². The molecule has 0 radical (unpaired) electrons. The molecule has 7 aromatic rings. The average Bonchev–Trinajstić information content (AvgIpc) is 3.84. The number of aryl methyl sites for hydroxylation is 4. The molecule has 232 valence electrons. The van der Waals surface area contributed by atoms with Crippen molar-refractivity contribution in [1.29, 1.82) is 0 Å². The average molecular weight is 774 g/mol. The second-order valence-corrected chi connectivity index (χ2v) is 19.1. The minimum atomic E-state index is -0.553. The van der Waals surface area contributed by atoms with Gasteiger partial charge in [-0.15, -0.1) is 68.0 Å². The molecular formula is C35H30BrFO2S6. The third-order valence-corrected chi connectivity index (χ3v) is 15.3. The number of halogens is 2. The van der Waals surface area contributed by atoms with Crippen LogP contribution < -0.4 is 0 Å². The number of esters is 1. The molecule has 6 aromatic heterocycles. The number of hydrogen-bond acceptors (Lipinski definition) is 8. The predicted octanol–water partition coefficient (Wildman–Crippen LogP) is 14.0. The van der Waals surface area contributed by atoms with Crippen molar-refractivity contribution in [2.45, 2.75) is 53.4 Å². The van der Waals surface area contributed by atoms with Crippen LogP contribution in [0.3, 0.4) is 0 Å². The van der Waals surface area contributed by atoms with Crippen LogP contribution in [0.25, 0.3) is 60.9 Å². The third-order valence-electron chi connectivity index (χ3n) is 7.89. The van der Waals surface area contributed by atoms with Crippen molar-refractivity contribution in [2.24, 2.45) is 0 Å². The number of rotatable bonds is 10. The van der Waals surface area contributed by atoms with Crippen LogP contribution in [0, 0.1) is 33.5 Å². The SMILES string of the molecule is Cc1ccc(-c2c(-c3ccc(C)s3)c3sc(-c4sc(C)c5c(F)c(C(=O)OCCCCCCBr)sc45)cc3c3cc(C)sc23)s1. The lowest BCUT2D eigenvalue weighted by Crippen LogP contribution is -2.06. The Morgan fingerprint density at radius 2 is 1.36 bits per heavy atom. The van der Waals surface area contributed by atoms with E-state index in [-0.39, 0.29) is 4.88 Å². The topological polar surface area (TPSA) is 26.3 Å². The second-order valence-electron chi connectivity index (χ2n) is 11.2. The minimum absolute atomic E-state index is 0.0830. The standard InChI is InChI=1S/C35H30BrFO2S6/c1-17-9-11-23(40-17)27-28(24-12-10-18(2)41-24)31-22(21-15-19(3)42-30(21)27)16-25(44-31)32-33-26(20(4)43-32)29(37)34(45-33)35(38)39-14-8-6-5-7-13-36/h9-12,15-16H,5-8,13-14H2,1-4H3. The van der Waals surface area contributed by atoms with Crippen molar-refractivity contribution in [2.75, 3.05) is 11.9 Å². The maximum absolute atomic E-state index is 15.8. The molecule has 0 fully saturated rings. The number of carbonyl (C=O) groups is 1. The minimum Gasteiger partial charge on any atom is -0.461 e. The summed E-state index contributed by atoms with van der Waals surface area (Å²) in [7, 11) is 0. The number of hydrogen-bond donors (Lipinski definition) is 0. The highest BCUT2D eigenvalue weighted by molar-refractivity contribution is 9.09. The number of unbranched alkanes of at least 4 members (excludes halogenated alkanes) is 3. The Balaban J connectivity index is 1.38. The van der Waals surface area contributed by atoms with Gasteiger partial charge in [-0.2, -0.15) is 0 Å². The largest absolute Gasteiger partial charge is 0.461 e. The van der Waals surface area contributed by atoms with Crippen molar-refractivity contribution in [3.05, 3.63) is 66.6 Å². The first-order chi connectivity index (χ1) is 21.7. The van der Waals surface area contributed by atoms with Crippen molar-refractivity contribution in [1.82, 2.24) is 0 Å². The Kier molecular flexibility index (Phi) is 9.11. The molecule has 0 atom stereocenters. The van der Waals surface area contributed by atoms with Crippen molar-refractivity contribution < 1.29 is 13.9 Å². The fraction of sp³-hybridized carbons (Fsp3) is 0.286. The van der Waals surface area contributed by atoms with Crippen LogP contribution in [-0.2, 0) is 4.74 Å². The number of thiophene rings is 6. The van der Waals surface area contributed by atoms with Gasteiger partial charge < -0.3 is 4.74 Å². The Hall–Kier alpha value is -1.92. The summed E-state index contributed by atoms with van der Waals surface area (Å²) in [5.41, 5.74) is 2.61. The molecule has 0 bridgehead atoms. The van der Waals surface area contributed by atoms with E-state index in [0.717, 1.165) is 50.3 Å². The molecule has 0 saturated carbocycles. The number of ether oxygens (including phenoxy) is 1. The lowest BCUT2D eigenvalue weighted by molar-refractivity contribution is 0.0499. The third kappa shape index (κ3) is 5.79. The highest BCUT2D eigenvalue weighted by atomic mass is 79.9. The highest BCUT2D eigenvalue weighted by Crippen LogP contribution is 2.55. The lowest BCUT2D eigenvalue weighted by atomic mass is 9.99. The van der Waals surface area contributed by atoms with E-state index in [2.05, 4.69) is 73.1 Å². The Bertz CT molecular complexity index is 2200. The van der Waals surface area contributed by atoms with Crippen LogP contribution in [0.15, 0.2) is 36.4 Å². The normalized spacial score (nSPS) is 12.0. The van der Waals surface area contributed by atoms with Gasteiger partial charge in [0.2, 0.25) is 0 Å². The first kappa shape index (κ1) is 31.7. The van der Waals surface area contributed by atoms with Gasteiger partial charge in [0.05, 0.1) is 16.2 Å². The van der Waals surface area contributed by atoms with Gasteiger partial charge in [-0.3, -0.25) is 0 Å². The van der Waals surface area contributed by atoms with Gasteiger partial charge >= 0.3 is 5.97 Å². The second kappa shape index (κ2) is 12.9. The molecule has 0 aliphatic heterocycles. The summed E-state index contributed by atoms with van der Waals surface area (Å²) in [5.74, 6) is -0.996. The van der Waals surface area contributed by atoms with Crippen LogP contribution in [0.1, 0.15) is 54.9 Å². The molecule has 0 spiro atoms. The molecule has 2 nitrogen and oxygen atoms in total. The fourth-order valence-corrected chi connectivity index (χ4v) is 13.2. The number of alkyl halides is 1. The Morgan fingerprint density at radius 3 is 2.00 bits per heavy atom. The van der Waals surface area contributed by atoms with E-state index in [9.17, 15) is 4.79 Å². The molecule has 10 heteroatoms. The number of carbonyl (C=O) groups excluding carboxylic acids is 1. The molecular weight excluding hydrogens is 744 g/mol. The summed E-state index contributed by atoms with van der Waals surface area (Å²) in [6, 6.07) is 13.6. The van der Waals surface area contributed by atoms with Gasteiger partial charge in [0.15, 0.2) is 5.82 Å². The van der Waals surface area contributed by atoms with Crippen LogP contribution in [0.5, 0.6) is 0 Å². The molecule has 0 N–H and O–H groups in total. The van der Waals surface area contributed by atoms with E-state index in [1.54, 1.807) is 22.7 Å². The summed E-state index contributed by atoms with van der Waals surface area (Å²) in [6.07, 6.45) is 3.97. The molecule has 0 aliphatic carbocycles. The number of fused-ring (bicyclic) bond motifs is 4. The van der Waals surface area contributed by atoms with E-state index in [4.69, 9.17) is 4.74 Å². The van der Waals surface area contributed by atoms with Crippen molar-refractivity contribution in [3.63, 3.8) is 0 Å². The van der Waals surface area contributed by atoms with E-state index in [1.807, 2.05) is 40.9 Å². The van der Waals surface area contributed by atoms with E-state index in [1.165, 1.54) is 67.0 Å². The molecule has 0 amide bonds. The lowest BCUT2D eigenvalue weighted by Gasteiger charge is -2.11. The zero-order valence-corrected chi connectivity index (χ0v) is 31.7. The van der Waals surface area contributed by atoms with Gasteiger partial charge in [0.25, 0.3) is 0 Å². The molecule has 0 aliphatic rings. The van der Waals surface area contributed by atoms with Crippen LogP contribution in [0.2, 0.25) is 0 Å². The molecule has 0 unspecified atom stereocenters. The molecule has 7 rings (SSSR count). The van der Waals surface area contributed by atoms with Crippen molar-refractivity contribution >= 4 is 120 Å². The van der Waals surface area contributed by atoms with E-state index >= 15 is 4.39 Å². The maximum Gasteiger partial charge on any atom is 0.351 e. The fourth-order valence-electron chi connectivity index (χ4n) is 5.83.